The predicted octanol–water partition coefficient (Wildman–Crippen LogP) is 1.02. The maximum Gasteiger partial charge on any atom is 0.213 e. The van der Waals surface area contributed by atoms with Gasteiger partial charge in [-0.15, -0.1) is 0 Å². The Morgan fingerprint density at radius 3 is 2.88 bits per heavy atom. The Balaban J connectivity index is 3.05. The molecule has 5 nitrogen and oxygen atoms in total. The Morgan fingerprint density at radius 2 is 2.29 bits per heavy atom. The van der Waals surface area contributed by atoms with Gasteiger partial charge in [-0.05, 0) is 18.6 Å². The van der Waals surface area contributed by atoms with Crippen LogP contribution in [0.3, 0.4) is 0 Å². The fourth-order valence-corrected chi connectivity index (χ4v) is 1.53. The van der Waals surface area contributed by atoms with Crippen LogP contribution in [0.15, 0.2) is 17.2 Å². The third-order valence-corrected chi connectivity index (χ3v) is 2.46. The van der Waals surface area contributed by atoms with Crippen LogP contribution >= 0.6 is 0 Å². The van der Waals surface area contributed by atoms with Crippen LogP contribution in [0, 0.1) is 5.95 Å². The van der Waals surface area contributed by atoms with E-state index in [1.165, 1.54) is 12.1 Å². The molecule has 94 valence electrons. The highest BCUT2D eigenvalue weighted by Crippen LogP contribution is 2.22. The lowest BCUT2D eigenvalue weighted by atomic mass is 10.0. The quantitative estimate of drug-likeness (QED) is 0.235. The van der Waals surface area contributed by atoms with E-state index < -0.39 is 12.1 Å². The number of nitrogens with two attached hydrogens (primary N) is 2. The first-order chi connectivity index (χ1) is 8.10. The molecule has 0 spiro atoms. The molecule has 1 rings (SSSR count). The number of amidine groups is 1. The van der Waals surface area contributed by atoms with E-state index in [0.717, 1.165) is 12.8 Å². The number of hydrogen-bond acceptors (Lipinski definition) is 4. The highest BCUT2D eigenvalue weighted by molar-refractivity contribution is 5.96. The molecule has 0 amide bonds. The number of aliphatic hydroxyl groups excluding tert-OH is 1. The van der Waals surface area contributed by atoms with Crippen molar-refractivity contribution in [2.24, 2.45) is 16.7 Å². The summed E-state index contributed by atoms with van der Waals surface area (Å²) in [6, 6.07) is 2.63. The van der Waals surface area contributed by atoms with E-state index in [2.05, 4.69) is 10.1 Å². The van der Waals surface area contributed by atoms with Gasteiger partial charge in [-0.25, -0.2) is 4.98 Å². The number of halogens is 1. The number of rotatable bonds is 5. The Morgan fingerprint density at radius 1 is 1.59 bits per heavy atom. The summed E-state index contributed by atoms with van der Waals surface area (Å²) in [5.74, 6) is 4.27. The average Bonchev–Trinajstić information content (AvgIpc) is 2.34. The van der Waals surface area contributed by atoms with Crippen LogP contribution in [0.2, 0.25) is 0 Å². The zero-order valence-corrected chi connectivity index (χ0v) is 9.73. The molecule has 0 aromatic carbocycles. The van der Waals surface area contributed by atoms with Crippen LogP contribution in [-0.2, 0) is 0 Å². The normalized spacial score (nSPS) is 13.7. The van der Waals surface area contributed by atoms with E-state index in [1.807, 2.05) is 6.92 Å². The predicted molar refractivity (Wildman–Crippen MR) is 63.6 cm³/mol. The summed E-state index contributed by atoms with van der Waals surface area (Å²) >= 11 is 0. The minimum atomic E-state index is -0.738. The van der Waals surface area contributed by atoms with Crippen LogP contribution in [0.4, 0.5) is 4.39 Å². The largest absolute Gasteiger partial charge is 0.388 e. The maximum absolute atomic E-state index is 13.0. The van der Waals surface area contributed by atoms with E-state index in [-0.39, 0.29) is 11.5 Å². The zero-order chi connectivity index (χ0) is 12.8. The molecule has 1 unspecified atom stereocenters. The fourth-order valence-electron chi connectivity index (χ4n) is 1.53. The molecule has 1 atom stereocenters. The van der Waals surface area contributed by atoms with E-state index in [9.17, 15) is 9.50 Å². The topological polar surface area (TPSA) is 97.5 Å². The molecule has 0 aliphatic heterocycles. The standard InChI is InChI=1S/C11H17FN4O/c1-2-3-4-8(17)7-5-6-9(12)15-10(7)11(13)16-14/h5-6,8,17H,2-4,14H2,1H3,(H2,13,16). The lowest BCUT2D eigenvalue weighted by Gasteiger charge is -2.13. The molecule has 0 bridgehead atoms. The van der Waals surface area contributed by atoms with Gasteiger partial charge in [0.25, 0.3) is 0 Å². The number of hydrogen-bond donors (Lipinski definition) is 3. The number of aromatic nitrogens is 1. The SMILES string of the molecule is CCCCC(O)c1ccc(F)nc1/C(N)=N/N. The maximum atomic E-state index is 13.0. The molecule has 0 aliphatic carbocycles. The van der Waals surface area contributed by atoms with Crippen molar-refractivity contribution >= 4 is 5.84 Å². The van der Waals surface area contributed by atoms with Gasteiger partial charge in [0.1, 0.15) is 5.69 Å². The summed E-state index contributed by atoms with van der Waals surface area (Å²) < 4.78 is 13.0. The number of unbranched alkanes of at least 4 members (excludes halogenated alkanes) is 1. The van der Waals surface area contributed by atoms with Crippen molar-refractivity contribution in [3.05, 3.63) is 29.3 Å². The van der Waals surface area contributed by atoms with Gasteiger partial charge in [-0.3, -0.25) is 0 Å². The molecule has 0 fully saturated rings. The second-order valence-electron chi connectivity index (χ2n) is 3.74. The van der Waals surface area contributed by atoms with Crippen molar-refractivity contribution in [2.75, 3.05) is 0 Å². The third-order valence-electron chi connectivity index (χ3n) is 2.46. The first kappa shape index (κ1) is 13.4. The minimum absolute atomic E-state index is 0.0879. The third kappa shape index (κ3) is 3.39. The summed E-state index contributed by atoms with van der Waals surface area (Å²) in [5.41, 5.74) is 6.07. The van der Waals surface area contributed by atoms with E-state index in [1.54, 1.807) is 0 Å². The van der Waals surface area contributed by atoms with Crippen molar-refractivity contribution in [3.8, 4) is 0 Å². The van der Waals surface area contributed by atoms with Gasteiger partial charge in [0.05, 0.1) is 6.10 Å². The second kappa shape index (κ2) is 6.15. The zero-order valence-electron chi connectivity index (χ0n) is 9.73. The number of pyridine rings is 1. The summed E-state index contributed by atoms with van der Waals surface area (Å²) in [5, 5.41) is 13.2. The van der Waals surface area contributed by atoms with Gasteiger partial charge in [-0.2, -0.15) is 9.49 Å². The van der Waals surface area contributed by atoms with Crippen LogP contribution in [0.5, 0.6) is 0 Å². The first-order valence-electron chi connectivity index (χ1n) is 5.48. The molecule has 0 saturated heterocycles. The molecule has 0 saturated carbocycles. The van der Waals surface area contributed by atoms with Crippen molar-refractivity contribution < 1.29 is 9.50 Å². The lowest BCUT2D eigenvalue weighted by Crippen LogP contribution is -2.21. The Kier molecular flexibility index (Phi) is 4.84. The average molecular weight is 240 g/mol. The molecule has 1 aromatic rings. The molecule has 1 aromatic heterocycles. The van der Waals surface area contributed by atoms with Gasteiger partial charge < -0.3 is 16.7 Å². The van der Waals surface area contributed by atoms with Crippen molar-refractivity contribution in [2.45, 2.75) is 32.3 Å². The van der Waals surface area contributed by atoms with Crippen LogP contribution in [0.25, 0.3) is 0 Å². The lowest BCUT2D eigenvalue weighted by molar-refractivity contribution is 0.163. The molecule has 6 heteroatoms. The van der Waals surface area contributed by atoms with Crippen molar-refractivity contribution in [3.63, 3.8) is 0 Å². The monoisotopic (exact) mass is 240 g/mol. The van der Waals surface area contributed by atoms with E-state index >= 15 is 0 Å². The Hall–Kier alpha value is -1.69. The van der Waals surface area contributed by atoms with Crippen molar-refractivity contribution in [1.82, 2.24) is 4.98 Å². The van der Waals surface area contributed by atoms with Gasteiger partial charge in [-0.1, -0.05) is 19.8 Å². The first-order valence-corrected chi connectivity index (χ1v) is 5.48. The smallest absolute Gasteiger partial charge is 0.213 e. The van der Waals surface area contributed by atoms with Gasteiger partial charge >= 0.3 is 0 Å². The summed E-state index contributed by atoms with van der Waals surface area (Å²) in [6.07, 6.45) is 1.65. The number of hydrazone groups is 1. The van der Waals surface area contributed by atoms with E-state index in [4.69, 9.17) is 11.6 Å². The molecular formula is C11H17FN4O. The highest BCUT2D eigenvalue weighted by Gasteiger charge is 2.16. The van der Waals surface area contributed by atoms with Gasteiger partial charge in [0, 0.05) is 5.56 Å². The molecular weight excluding hydrogens is 223 g/mol. The van der Waals surface area contributed by atoms with Gasteiger partial charge in [0.15, 0.2) is 5.84 Å². The molecule has 1 heterocycles. The van der Waals surface area contributed by atoms with Crippen molar-refractivity contribution in [1.29, 1.82) is 0 Å². The fraction of sp³-hybridized carbons (Fsp3) is 0.455. The summed E-state index contributed by atoms with van der Waals surface area (Å²) in [4.78, 5) is 3.61. The molecule has 5 N–H and O–H groups in total. The minimum Gasteiger partial charge on any atom is -0.388 e. The summed E-state index contributed by atoms with van der Waals surface area (Å²) in [7, 11) is 0. The Labute approximate surface area is 99.3 Å². The van der Waals surface area contributed by atoms with E-state index in [0.29, 0.717) is 12.0 Å². The molecule has 0 aliphatic rings. The summed E-state index contributed by atoms with van der Waals surface area (Å²) in [6.45, 7) is 2.02. The van der Waals surface area contributed by atoms with Crippen LogP contribution in [0.1, 0.15) is 43.5 Å². The van der Waals surface area contributed by atoms with Crippen LogP contribution in [-0.4, -0.2) is 15.9 Å². The van der Waals surface area contributed by atoms with Gasteiger partial charge in [0.2, 0.25) is 5.95 Å². The molecule has 17 heavy (non-hydrogen) atoms. The molecule has 0 radical (unpaired) electrons. The highest BCUT2D eigenvalue weighted by atomic mass is 19.1. The second-order valence-corrected chi connectivity index (χ2v) is 3.74. The Bertz CT molecular complexity index is 408. The number of aliphatic hydroxyl groups is 1. The number of nitrogens with zero attached hydrogens (tertiary/aromatic N) is 2. The van der Waals surface area contributed by atoms with Crippen LogP contribution < -0.4 is 11.6 Å².